The average molecular weight is 345 g/mol. The Morgan fingerprint density at radius 3 is 3.00 bits per heavy atom. The highest BCUT2D eigenvalue weighted by Gasteiger charge is 2.28. The summed E-state index contributed by atoms with van der Waals surface area (Å²) in [6.45, 7) is 5.14. The highest BCUT2D eigenvalue weighted by Crippen LogP contribution is 2.36. The second kappa shape index (κ2) is 8.17. The Morgan fingerprint density at radius 2 is 2.24 bits per heavy atom. The number of hydrogen-bond donors (Lipinski definition) is 1. The molecule has 0 aliphatic heterocycles. The minimum atomic E-state index is -0.555. The molecule has 3 rings (SSSR count). The van der Waals surface area contributed by atoms with E-state index >= 15 is 0 Å². The minimum absolute atomic E-state index is 0.199. The van der Waals surface area contributed by atoms with Crippen molar-refractivity contribution in [3.05, 3.63) is 24.3 Å². The molecule has 0 unspecified atom stereocenters. The number of nitrogens with zero attached hydrogens (tertiary/aromatic N) is 4. The lowest BCUT2D eigenvalue weighted by Gasteiger charge is -2.14. The second-order valence-electron chi connectivity index (χ2n) is 5.96. The number of aromatic nitrogens is 4. The SMILES string of the molecule is CCOCCO[C@H](C)C(=O)Nc1cccc(-c2nnnn2C2CC2)c1. The molecular formula is C17H23N5O3. The van der Waals surface area contributed by atoms with Gasteiger partial charge in [0.25, 0.3) is 5.91 Å². The van der Waals surface area contributed by atoms with Gasteiger partial charge in [-0.3, -0.25) is 4.79 Å². The van der Waals surface area contributed by atoms with Crippen LogP contribution in [0.1, 0.15) is 32.7 Å². The van der Waals surface area contributed by atoms with Crippen LogP contribution in [0.3, 0.4) is 0 Å². The fraction of sp³-hybridized carbons (Fsp3) is 0.529. The van der Waals surface area contributed by atoms with E-state index in [1.165, 1.54) is 0 Å². The Hall–Kier alpha value is -2.32. The van der Waals surface area contributed by atoms with Gasteiger partial charge in [-0.15, -0.1) is 5.10 Å². The molecule has 2 aromatic rings. The molecule has 8 nitrogen and oxygen atoms in total. The molecule has 0 bridgehead atoms. The van der Waals surface area contributed by atoms with Crippen molar-refractivity contribution < 1.29 is 14.3 Å². The lowest BCUT2D eigenvalue weighted by atomic mass is 10.2. The Labute approximate surface area is 146 Å². The van der Waals surface area contributed by atoms with Gasteiger partial charge in [-0.05, 0) is 49.2 Å². The average Bonchev–Trinajstić information content (AvgIpc) is 3.35. The highest BCUT2D eigenvalue weighted by molar-refractivity contribution is 5.94. The van der Waals surface area contributed by atoms with Crippen LogP contribution in [0.2, 0.25) is 0 Å². The third kappa shape index (κ3) is 4.61. The summed E-state index contributed by atoms with van der Waals surface area (Å²) in [4.78, 5) is 12.2. The molecule has 0 radical (unpaired) electrons. The number of amides is 1. The van der Waals surface area contributed by atoms with Crippen LogP contribution in [0.15, 0.2) is 24.3 Å². The van der Waals surface area contributed by atoms with Crippen molar-refractivity contribution in [2.24, 2.45) is 0 Å². The summed E-state index contributed by atoms with van der Waals surface area (Å²) < 4.78 is 12.5. The molecule has 8 heteroatoms. The molecule has 1 aliphatic rings. The van der Waals surface area contributed by atoms with Crippen LogP contribution in [-0.4, -0.2) is 52.0 Å². The Morgan fingerprint density at radius 1 is 1.40 bits per heavy atom. The first-order chi connectivity index (χ1) is 12.2. The summed E-state index contributed by atoms with van der Waals surface area (Å²) in [6, 6.07) is 7.90. The van der Waals surface area contributed by atoms with Crippen LogP contribution in [0, 0.1) is 0 Å². The van der Waals surface area contributed by atoms with Gasteiger partial charge in [0, 0.05) is 17.9 Å². The van der Waals surface area contributed by atoms with Crippen molar-refractivity contribution >= 4 is 11.6 Å². The predicted molar refractivity (Wildman–Crippen MR) is 92.1 cm³/mol. The third-order valence-corrected chi connectivity index (χ3v) is 3.94. The number of rotatable bonds is 9. The van der Waals surface area contributed by atoms with Gasteiger partial charge in [0.15, 0.2) is 5.82 Å². The van der Waals surface area contributed by atoms with Gasteiger partial charge in [-0.25, -0.2) is 4.68 Å². The Balaban J connectivity index is 1.61. The van der Waals surface area contributed by atoms with Crippen LogP contribution in [0.25, 0.3) is 11.4 Å². The van der Waals surface area contributed by atoms with E-state index in [-0.39, 0.29) is 5.91 Å². The standard InChI is InChI=1S/C17H23N5O3/c1-3-24-9-10-25-12(2)17(23)18-14-6-4-5-13(11-14)16-19-20-21-22(16)15-7-8-15/h4-6,11-12,15H,3,7-10H2,1-2H3,(H,18,23)/t12-/m1/s1. The summed E-state index contributed by atoms with van der Waals surface area (Å²) in [5, 5.41) is 14.8. The lowest BCUT2D eigenvalue weighted by Crippen LogP contribution is -2.28. The van der Waals surface area contributed by atoms with E-state index in [1.54, 1.807) is 6.92 Å². The molecule has 1 atom stereocenters. The van der Waals surface area contributed by atoms with E-state index in [4.69, 9.17) is 9.47 Å². The molecule has 1 fully saturated rings. The van der Waals surface area contributed by atoms with Gasteiger partial charge in [-0.1, -0.05) is 12.1 Å². The van der Waals surface area contributed by atoms with Crippen molar-refractivity contribution in [3.63, 3.8) is 0 Å². The smallest absolute Gasteiger partial charge is 0.253 e. The Bertz CT molecular complexity index is 714. The van der Waals surface area contributed by atoms with E-state index < -0.39 is 6.10 Å². The maximum atomic E-state index is 12.2. The van der Waals surface area contributed by atoms with Gasteiger partial charge in [0.05, 0.1) is 19.3 Å². The molecule has 25 heavy (non-hydrogen) atoms. The molecule has 1 aromatic heterocycles. The summed E-state index contributed by atoms with van der Waals surface area (Å²) in [7, 11) is 0. The van der Waals surface area contributed by atoms with E-state index in [0.717, 1.165) is 24.2 Å². The summed E-state index contributed by atoms with van der Waals surface area (Å²) in [5.74, 6) is 0.523. The molecule has 0 spiro atoms. The molecule has 1 aromatic carbocycles. The molecule has 134 valence electrons. The first-order valence-electron chi connectivity index (χ1n) is 8.57. The monoisotopic (exact) mass is 345 g/mol. The number of hydrogen-bond acceptors (Lipinski definition) is 6. The van der Waals surface area contributed by atoms with Crippen molar-refractivity contribution in [3.8, 4) is 11.4 Å². The van der Waals surface area contributed by atoms with Gasteiger partial charge in [0.2, 0.25) is 0 Å². The first-order valence-corrected chi connectivity index (χ1v) is 8.57. The summed E-state index contributed by atoms with van der Waals surface area (Å²) in [5.41, 5.74) is 1.56. The fourth-order valence-corrected chi connectivity index (χ4v) is 2.43. The molecule has 1 saturated carbocycles. The molecule has 1 N–H and O–H groups in total. The summed E-state index contributed by atoms with van der Waals surface area (Å²) in [6.07, 6.45) is 1.65. The van der Waals surface area contributed by atoms with Crippen LogP contribution >= 0.6 is 0 Å². The van der Waals surface area contributed by atoms with Crippen molar-refractivity contribution in [1.29, 1.82) is 0 Å². The second-order valence-corrected chi connectivity index (χ2v) is 5.96. The van der Waals surface area contributed by atoms with Crippen molar-refractivity contribution in [2.45, 2.75) is 38.8 Å². The Kier molecular flexibility index (Phi) is 5.72. The number of anilines is 1. The molecule has 1 amide bonds. The zero-order valence-electron chi connectivity index (χ0n) is 14.5. The topological polar surface area (TPSA) is 91.2 Å². The van der Waals surface area contributed by atoms with Crippen LogP contribution in [-0.2, 0) is 14.3 Å². The van der Waals surface area contributed by atoms with Gasteiger partial charge < -0.3 is 14.8 Å². The minimum Gasteiger partial charge on any atom is -0.379 e. The number of benzene rings is 1. The fourth-order valence-electron chi connectivity index (χ4n) is 2.43. The quantitative estimate of drug-likeness (QED) is 0.700. The van der Waals surface area contributed by atoms with Crippen LogP contribution in [0.5, 0.6) is 0 Å². The van der Waals surface area contributed by atoms with Gasteiger partial charge >= 0.3 is 0 Å². The van der Waals surface area contributed by atoms with E-state index in [2.05, 4.69) is 20.8 Å². The van der Waals surface area contributed by atoms with Crippen molar-refractivity contribution in [2.75, 3.05) is 25.1 Å². The first kappa shape index (κ1) is 17.5. The third-order valence-electron chi connectivity index (χ3n) is 3.94. The van der Waals surface area contributed by atoms with Crippen molar-refractivity contribution in [1.82, 2.24) is 20.2 Å². The molecule has 0 saturated heterocycles. The zero-order chi connectivity index (χ0) is 17.6. The van der Waals surface area contributed by atoms with Gasteiger partial charge in [-0.2, -0.15) is 0 Å². The normalized spacial score (nSPS) is 15.1. The number of nitrogens with one attached hydrogen (secondary N) is 1. The van der Waals surface area contributed by atoms with Crippen LogP contribution < -0.4 is 5.32 Å². The largest absolute Gasteiger partial charge is 0.379 e. The number of tetrazole rings is 1. The summed E-state index contributed by atoms with van der Waals surface area (Å²) >= 11 is 0. The number of carbonyl (C=O) groups excluding carboxylic acids is 1. The molecule has 1 aliphatic carbocycles. The maximum absolute atomic E-state index is 12.2. The van der Waals surface area contributed by atoms with E-state index in [9.17, 15) is 4.79 Å². The molecular weight excluding hydrogens is 322 g/mol. The highest BCUT2D eigenvalue weighted by atomic mass is 16.5. The lowest BCUT2D eigenvalue weighted by molar-refractivity contribution is -0.127. The van der Waals surface area contributed by atoms with E-state index in [1.807, 2.05) is 35.9 Å². The number of ether oxygens (including phenoxy) is 2. The van der Waals surface area contributed by atoms with E-state index in [0.29, 0.717) is 31.5 Å². The predicted octanol–water partition coefficient (Wildman–Crippen LogP) is 2.06. The van der Waals surface area contributed by atoms with Gasteiger partial charge in [0.1, 0.15) is 6.10 Å². The molecule has 1 heterocycles. The van der Waals surface area contributed by atoms with Crippen LogP contribution in [0.4, 0.5) is 5.69 Å². The zero-order valence-corrected chi connectivity index (χ0v) is 14.5. The maximum Gasteiger partial charge on any atom is 0.253 e. The number of carbonyl (C=O) groups is 1.